The molecule has 1 N–H and O–H groups in total. The van der Waals surface area contributed by atoms with Crippen LogP contribution in [0.2, 0.25) is 5.02 Å². The third-order valence-electron chi connectivity index (χ3n) is 3.50. The van der Waals surface area contributed by atoms with Gasteiger partial charge in [0.15, 0.2) is 0 Å². The zero-order valence-electron chi connectivity index (χ0n) is 11.6. The summed E-state index contributed by atoms with van der Waals surface area (Å²) in [6.45, 7) is 5.56. The molecule has 0 saturated carbocycles. The molecular weight excluding hydrogens is 294 g/mol. The second-order valence-electron chi connectivity index (χ2n) is 4.87. The van der Waals surface area contributed by atoms with E-state index in [1.807, 2.05) is 12.1 Å². The topological polar surface area (TPSA) is 12.0 Å². The number of benzene rings is 1. The van der Waals surface area contributed by atoms with Crippen LogP contribution in [0.4, 0.5) is 0 Å². The van der Waals surface area contributed by atoms with Gasteiger partial charge in [-0.15, -0.1) is 0 Å². The van der Waals surface area contributed by atoms with Gasteiger partial charge < -0.3 is 5.32 Å². The largest absolute Gasteiger partial charge is 0.313 e. The quantitative estimate of drug-likeness (QED) is 0.878. The molecule has 106 valence electrons. The van der Waals surface area contributed by atoms with Gasteiger partial charge in [-0.1, -0.05) is 43.6 Å². The van der Waals surface area contributed by atoms with Crippen molar-refractivity contribution >= 4 is 35.1 Å². The van der Waals surface area contributed by atoms with Crippen LogP contribution < -0.4 is 5.32 Å². The van der Waals surface area contributed by atoms with Gasteiger partial charge in [0.1, 0.15) is 0 Å². The fourth-order valence-electron chi connectivity index (χ4n) is 2.56. The molecule has 0 bridgehead atoms. The van der Waals surface area contributed by atoms with Crippen molar-refractivity contribution in [2.45, 2.75) is 36.8 Å². The van der Waals surface area contributed by atoms with Crippen molar-refractivity contribution < 1.29 is 0 Å². The smallest absolute Gasteiger partial charge is 0.0438 e. The van der Waals surface area contributed by atoms with Crippen LogP contribution in [0.15, 0.2) is 24.3 Å². The van der Waals surface area contributed by atoms with Crippen LogP contribution in [0.5, 0.6) is 0 Å². The Morgan fingerprint density at radius 1 is 1.32 bits per heavy atom. The first-order valence-electron chi connectivity index (χ1n) is 6.92. The number of halogens is 1. The summed E-state index contributed by atoms with van der Waals surface area (Å²) >= 11 is 10.5. The number of hydrogen-bond donors (Lipinski definition) is 1. The highest BCUT2D eigenvalue weighted by atomic mass is 35.5. The first kappa shape index (κ1) is 15.6. The monoisotopic (exact) mass is 315 g/mol. The second kappa shape index (κ2) is 7.82. The molecule has 1 fully saturated rings. The lowest BCUT2D eigenvalue weighted by molar-refractivity contribution is 0.501. The molecule has 1 aromatic rings. The summed E-state index contributed by atoms with van der Waals surface area (Å²) in [6, 6.07) is 8.74. The second-order valence-corrected chi connectivity index (χ2v) is 8.05. The fraction of sp³-hybridized carbons (Fsp3) is 0.600. The molecule has 1 aromatic carbocycles. The van der Waals surface area contributed by atoms with Crippen molar-refractivity contribution in [1.82, 2.24) is 5.32 Å². The fourth-order valence-corrected chi connectivity index (χ4v) is 5.73. The standard InChI is InChI=1S/C15H22ClNS2/c1-3-17-14(15-11(2)18-8-9-19-15)10-12-6-4-5-7-13(12)16/h4-7,11,14-15,17H,3,8-10H2,1-2H3. The zero-order valence-corrected chi connectivity index (χ0v) is 14.0. The van der Waals surface area contributed by atoms with Crippen molar-refractivity contribution in [2.75, 3.05) is 18.1 Å². The molecule has 1 aliphatic heterocycles. The van der Waals surface area contributed by atoms with Gasteiger partial charge in [0.25, 0.3) is 0 Å². The van der Waals surface area contributed by atoms with Crippen molar-refractivity contribution in [3.05, 3.63) is 34.9 Å². The molecule has 0 spiro atoms. The molecule has 0 radical (unpaired) electrons. The van der Waals surface area contributed by atoms with E-state index in [0.717, 1.165) is 18.0 Å². The summed E-state index contributed by atoms with van der Waals surface area (Å²) in [7, 11) is 0. The Hall–Kier alpha value is 0.170. The van der Waals surface area contributed by atoms with E-state index < -0.39 is 0 Å². The highest BCUT2D eigenvalue weighted by Gasteiger charge is 2.30. The van der Waals surface area contributed by atoms with Crippen molar-refractivity contribution in [3.63, 3.8) is 0 Å². The maximum absolute atomic E-state index is 6.30. The van der Waals surface area contributed by atoms with Crippen LogP contribution in [0, 0.1) is 0 Å². The molecule has 0 aromatic heterocycles. The van der Waals surface area contributed by atoms with Crippen molar-refractivity contribution in [2.24, 2.45) is 0 Å². The Morgan fingerprint density at radius 2 is 2.05 bits per heavy atom. The molecule has 19 heavy (non-hydrogen) atoms. The van der Waals surface area contributed by atoms with Gasteiger partial charge in [0.2, 0.25) is 0 Å². The van der Waals surface area contributed by atoms with E-state index in [-0.39, 0.29) is 0 Å². The SMILES string of the molecule is CCNC(Cc1ccccc1Cl)C1SCCSC1C. The Morgan fingerprint density at radius 3 is 2.74 bits per heavy atom. The molecule has 2 rings (SSSR count). The minimum atomic E-state index is 0.512. The normalized spacial score (nSPS) is 25.2. The molecule has 3 atom stereocenters. The zero-order chi connectivity index (χ0) is 13.7. The molecule has 0 aliphatic carbocycles. The number of likely N-dealkylation sites (N-methyl/N-ethyl adjacent to an activating group) is 1. The van der Waals surface area contributed by atoms with E-state index in [4.69, 9.17) is 11.6 Å². The first-order chi connectivity index (χ1) is 9.22. The van der Waals surface area contributed by atoms with Gasteiger partial charge in [0.05, 0.1) is 0 Å². The van der Waals surface area contributed by atoms with Gasteiger partial charge in [-0.05, 0) is 24.6 Å². The number of rotatable bonds is 5. The molecule has 1 nitrogen and oxygen atoms in total. The van der Waals surface area contributed by atoms with E-state index in [9.17, 15) is 0 Å². The van der Waals surface area contributed by atoms with Gasteiger partial charge in [0, 0.05) is 33.1 Å². The van der Waals surface area contributed by atoms with Gasteiger partial charge >= 0.3 is 0 Å². The predicted molar refractivity (Wildman–Crippen MR) is 90.8 cm³/mol. The van der Waals surface area contributed by atoms with Crippen LogP contribution in [0.25, 0.3) is 0 Å². The molecule has 4 heteroatoms. The molecule has 1 aliphatic rings. The number of nitrogens with one attached hydrogen (secondary N) is 1. The Balaban J connectivity index is 2.09. The lowest BCUT2D eigenvalue weighted by atomic mass is 10.0. The van der Waals surface area contributed by atoms with Crippen LogP contribution >= 0.6 is 35.1 Å². The van der Waals surface area contributed by atoms with Gasteiger partial charge in [-0.2, -0.15) is 23.5 Å². The average Bonchev–Trinajstić information content (AvgIpc) is 2.41. The molecule has 0 amide bonds. The lowest BCUT2D eigenvalue weighted by Crippen LogP contribution is -2.45. The summed E-state index contributed by atoms with van der Waals surface area (Å²) in [5.74, 6) is 2.55. The van der Waals surface area contributed by atoms with Crippen LogP contribution in [0.1, 0.15) is 19.4 Å². The van der Waals surface area contributed by atoms with E-state index in [2.05, 4.69) is 54.8 Å². The molecule has 3 unspecified atom stereocenters. The van der Waals surface area contributed by atoms with E-state index >= 15 is 0 Å². The van der Waals surface area contributed by atoms with Crippen molar-refractivity contribution in [3.8, 4) is 0 Å². The first-order valence-corrected chi connectivity index (χ1v) is 9.40. The molecule has 1 heterocycles. The third-order valence-corrected chi connectivity index (χ3v) is 7.12. The summed E-state index contributed by atoms with van der Waals surface area (Å²) in [4.78, 5) is 0. The molecular formula is C15H22ClNS2. The van der Waals surface area contributed by atoms with Crippen LogP contribution in [-0.2, 0) is 6.42 Å². The minimum absolute atomic E-state index is 0.512. The predicted octanol–water partition coefficient (Wildman–Crippen LogP) is 4.10. The maximum atomic E-state index is 6.30. The minimum Gasteiger partial charge on any atom is -0.313 e. The van der Waals surface area contributed by atoms with E-state index in [0.29, 0.717) is 16.5 Å². The molecule has 1 saturated heterocycles. The summed E-state index contributed by atoms with van der Waals surface area (Å²) in [5.41, 5.74) is 1.26. The summed E-state index contributed by atoms with van der Waals surface area (Å²) in [6.07, 6.45) is 1.02. The van der Waals surface area contributed by atoms with Crippen LogP contribution in [-0.4, -0.2) is 34.6 Å². The number of thioether (sulfide) groups is 2. The number of hydrogen-bond acceptors (Lipinski definition) is 3. The Bertz CT molecular complexity index is 399. The van der Waals surface area contributed by atoms with Gasteiger partial charge in [-0.3, -0.25) is 0 Å². The maximum Gasteiger partial charge on any atom is 0.0438 e. The summed E-state index contributed by atoms with van der Waals surface area (Å²) < 4.78 is 0. The third kappa shape index (κ3) is 4.32. The van der Waals surface area contributed by atoms with E-state index in [1.54, 1.807) is 0 Å². The Labute approximate surface area is 130 Å². The highest BCUT2D eigenvalue weighted by molar-refractivity contribution is 8.07. The van der Waals surface area contributed by atoms with Gasteiger partial charge in [-0.25, -0.2) is 0 Å². The Kier molecular flexibility index (Phi) is 6.40. The van der Waals surface area contributed by atoms with Crippen molar-refractivity contribution in [1.29, 1.82) is 0 Å². The van der Waals surface area contributed by atoms with Crippen LogP contribution in [0.3, 0.4) is 0 Å². The summed E-state index contributed by atoms with van der Waals surface area (Å²) in [5, 5.41) is 5.95. The average molecular weight is 316 g/mol. The lowest BCUT2D eigenvalue weighted by Gasteiger charge is -2.35. The van der Waals surface area contributed by atoms with E-state index in [1.165, 1.54) is 17.1 Å². The highest BCUT2D eigenvalue weighted by Crippen LogP contribution is 2.34.